The van der Waals surface area contributed by atoms with E-state index in [0.717, 1.165) is 0 Å². The first-order valence-electron chi connectivity index (χ1n) is 6.47. The summed E-state index contributed by atoms with van der Waals surface area (Å²) < 4.78 is 4.88. The van der Waals surface area contributed by atoms with E-state index in [9.17, 15) is 9.59 Å². The van der Waals surface area contributed by atoms with E-state index in [0.29, 0.717) is 44.1 Å². The summed E-state index contributed by atoms with van der Waals surface area (Å²) in [6, 6.07) is -0.415. The number of hydrogen-bond acceptors (Lipinski definition) is 5. The van der Waals surface area contributed by atoms with Crippen LogP contribution >= 0.6 is 0 Å². The highest BCUT2D eigenvalue weighted by molar-refractivity contribution is 5.89. The summed E-state index contributed by atoms with van der Waals surface area (Å²) in [4.78, 5) is 29.5. The van der Waals surface area contributed by atoms with Gasteiger partial charge in [0, 0.05) is 32.9 Å². The Balaban J connectivity index is 1.97. The molecule has 0 radical (unpaired) electrons. The fourth-order valence-electron chi connectivity index (χ4n) is 2.07. The van der Waals surface area contributed by atoms with Crippen LogP contribution in [0, 0.1) is 6.92 Å². The van der Waals surface area contributed by atoms with Gasteiger partial charge in [-0.05, 0) is 6.42 Å². The van der Waals surface area contributed by atoms with Gasteiger partial charge in [0.25, 0.3) is 0 Å². The predicted octanol–water partition coefficient (Wildman–Crippen LogP) is 0.0476. The zero-order valence-corrected chi connectivity index (χ0v) is 11.2. The normalized spacial score (nSPS) is 20.3. The van der Waals surface area contributed by atoms with Crippen LogP contribution in [0.2, 0.25) is 0 Å². The quantitative estimate of drug-likeness (QED) is 0.831. The second-order valence-corrected chi connectivity index (χ2v) is 4.58. The van der Waals surface area contributed by atoms with Crippen molar-refractivity contribution in [1.29, 1.82) is 0 Å². The van der Waals surface area contributed by atoms with Crippen molar-refractivity contribution >= 4 is 11.8 Å². The van der Waals surface area contributed by atoms with Gasteiger partial charge in [0.05, 0.1) is 0 Å². The average Bonchev–Trinajstić information content (AvgIpc) is 2.75. The van der Waals surface area contributed by atoms with E-state index in [1.807, 2.05) is 6.92 Å². The van der Waals surface area contributed by atoms with Gasteiger partial charge in [0.2, 0.25) is 17.7 Å². The topological polar surface area (TPSA) is 88.3 Å². The van der Waals surface area contributed by atoms with Crippen LogP contribution in [0.25, 0.3) is 0 Å². The maximum Gasteiger partial charge on any atom is 0.245 e. The van der Waals surface area contributed by atoms with Crippen LogP contribution < -0.4 is 5.32 Å². The summed E-state index contributed by atoms with van der Waals surface area (Å²) in [6.07, 6.45) is 1.48. The average molecular weight is 266 g/mol. The largest absolute Gasteiger partial charge is 0.344 e. The molecule has 2 rings (SSSR count). The van der Waals surface area contributed by atoms with Gasteiger partial charge in [-0.15, -0.1) is 0 Å². The third kappa shape index (κ3) is 3.30. The lowest BCUT2D eigenvalue weighted by atomic mass is 10.2. The molecule has 2 heterocycles. The van der Waals surface area contributed by atoms with Crippen LogP contribution in [0.15, 0.2) is 4.52 Å². The summed E-state index contributed by atoms with van der Waals surface area (Å²) >= 11 is 0. The maximum absolute atomic E-state index is 12.2. The van der Waals surface area contributed by atoms with Gasteiger partial charge in [0.1, 0.15) is 6.04 Å². The highest BCUT2D eigenvalue weighted by Crippen LogP contribution is 2.07. The SMILES string of the molecule is CCC1NC(=O)CCN(CCc2noc(C)n2)C1=O. The molecule has 0 aliphatic carbocycles. The molecular formula is C12H18N4O3. The van der Waals surface area contributed by atoms with Crippen molar-refractivity contribution in [3.05, 3.63) is 11.7 Å². The Morgan fingerprint density at radius 1 is 1.47 bits per heavy atom. The summed E-state index contributed by atoms with van der Waals surface area (Å²) in [5.41, 5.74) is 0. The number of carbonyl (C=O) groups excluding carboxylic acids is 2. The molecule has 2 amide bonds. The molecule has 19 heavy (non-hydrogen) atoms. The monoisotopic (exact) mass is 266 g/mol. The number of nitrogens with zero attached hydrogens (tertiary/aromatic N) is 3. The molecule has 1 aliphatic rings. The van der Waals surface area contributed by atoms with E-state index in [2.05, 4.69) is 15.5 Å². The van der Waals surface area contributed by atoms with E-state index in [1.54, 1.807) is 11.8 Å². The van der Waals surface area contributed by atoms with Crippen molar-refractivity contribution in [2.75, 3.05) is 13.1 Å². The molecule has 1 atom stereocenters. The molecule has 0 spiro atoms. The number of nitrogens with one attached hydrogen (secondary N) is 1. The molecule has 1 fully saturated rings. The maximum atomic E-state index is 12.2. The molecular weight excluding hydrogens is 248 g/mol. The third-order valence-corrected chi connectivity index (χ3v) is 3.14. The lowest BCUT2D eigenvalue weighted by molar-refractivity contribution is -0.133. The van der Waals surface area contributed by atoms with E-state index in [-0.39, 0.29) is 11.8 Å². The van der Waals surface area contributed by atoms with E-state index in [4.69, 9.17) is 4.52 Å². The molecule has 104 valence electrons. The number of hydrogen-bond donors (Lipinski definition) is 1. The van der Waals surface area contributed by atoms with Crippen molar-refractivity contribution < 1.29 is 14.1 Å². The molecule has 1 aliphatic heterocycles. The van der Waals surface area contributed by atoms with Gasteiger partial charge in [0.15, 0.2) is 5.82 Å². The van der Waals surface area contributed by atoms with E-state index < -0.39 is 6.04 Å². The number of aromatic nitrogens is 2. The first kappa shape index (κ1) is 13.5. The van der Waals surface area contributed by atoms with Crippen molar-refractivity contribution in [2.24, 2.45) is 0 Å². The smallest absolute Gasteiger partial charge is 0.245 e. The lowest BCUT2D eigenvalue weighted by Crippen LogP contribution is -2.44. The zero-order chi connectivity index (χ0) is 13.8. The fourth-order valence-corrected chi connectivity index (χ4v) is 2.07. The second kappa shape index (κ2) is 5.81. The summed E-state index contributed by atoms with van der Waals surface area (Å²) in [6.45, 7) is 4.56. The lowest BCUT2D eigenvalue weighted by Gasteiger charge is -2.22. The van der Waals surface area contributed by atoms with E-state index >= 15 is 0 Å². The minimum atomic E-state index is -0.415. The summed E-state index contributed by atoms with van der Waals surface area (Å²) in [5.74, 6) is 0.994. The first-order chi connectivity index (χ1) is 9.10. The standard InChI is InChI=1S/C12H18N4O3/c1-3-9-12(18)16(7-5-11(17)14-9)6-4-10-13-8(2)19-15-10/h9H,3-7H2,1-2H3,(H,14,17). The van der Waals surface area contributed by atoms with Crippen LogP contribution in [0.4, 0.5) is 0 Å². The minimum Gasteiger partial charge on any atom is -0.344 e. The second-order valence-electron chi connectivity index (χ2n) is 4.58. The van der Waals surface area contributed by atoms with Crippen molar-refractivity contribution in [3.63, 3.8) is 0 Å². The Morgan fingerprint density at radius 2 is 2.26 bits per heavy atom. The molecule has 1 saturated heterocycles. The summed E-state index contributed by atoms with van der Waals surface area (Å²) in [7, 11) is 0. The molecule has 0 aromatic carbocycles. The summed E-state index contributed by atoms with van der Waals surface area (Å²) in [5, 5.41) is 6.53. The van der Waals surface area contributed by atoms with Crippen molar-refractivity contribution in [3.8, 4) is 0 Å². The van der Waals surface area contributed by atoms with Crippen LogP contribution in [0.3, 0.4) is 0 Å². The van der Waals surface area contributed by atoms with Crippen LogP contribution in [-0.4, -0.2) is 46.0 Å². The highest BCUT2D eigenvalue weighted by atomic mass is 16.5. The molecule has 7 nitrogen and oxygen atoms in total. The Kier molecular flexibility index (Phi) is 4.13. The van der Waals surface area contributed by atoms with Gasteiger partial charge in [-0.3, -0.25) is 9.59 Å². The Hall–Kier alpha value is -1.92. The number of rotatable bonds is 4. The van der Waals surface area contributed by atoms with Crippen molar-refractivity contribution in [1.82, 2.24) is 20.4 Å². The number of carbonyl (C=O) groups is 2. The molecule has 1 unspecified atom stereocenters. The van der Waals surface area contributed by atoms with Crippen molar-refractivity contribution in [2.45, 2.75) is 39.2 Å². The van der Waals surface area contributed by atoms with Gasteiger partial charge < -0.3 is 14.7 Å². The third-order valence-electron chi connectivity index (χ3n) is 3.14. The first-order valence-corrected chi connectivity index (χ1v) is 6.47. The fraction of sp³-hybridized carbons (Fsp3) is 0.667. The molecule has 0 saturated carbocycles. The molecule has 1 aromatic heterocycles. The Morgan fingerprint density at radius 3 is 2.89 bits per heavy atom. The molecule has 1 N–H and O–H groups in total. The zero-order valence-electron chi connectivity index (χ0n) is 11.2. The Bertz CT molecular complexity index is 471. The highest BCUT2D eigenvalue weighted by Gasteiger charge is 2.28. The van der Waals surface area contributed by atoms with Crippen LogP contribution in [0.1, 0.15) is 31.5 Å². The molecule has 7 heteroatoms. The minimum absolute atomic E-state index is 0.0337. The Labute approximate surface area is 111 Å². The van der Waals surface area contributed by atoms with Gasteiger partial charge >= 0.3 is 0 Å². The predicted molar refractivity (Wildman–Crippen MR) is 66.2 cm³/mol. The molecule has 0 bridgehead atoms. The van der Waals surface area contributed by atoms with E-state index in [1.165, 1.54) is 0 Å². The van der Waals surface area contributed by atoms with Crippen LogP contribution in [0.5, 0.6) is 0 Å². The van der Waals surface area contributed by atoms with Crippen LogP contribution in [-0.2, 0) is 16.0 Å². The number of aryl methyl sites for hydroxylation is 1. The number of amides is 2. The van der Waals surface area contributed by atoms with Gasteiger partial charge in [-0.2, -0.15) is 4.98 Å². The van der Waals surface area contributed by atoms with Gasteiger partial charge in [-0.25, -0.2) is 0 Å². The van der Waals surface area contributed by atoms with Gasteiger partial charge in [-0.1, -0.05) is 12.1 Å². The molecule has 1 aromatic rings.